The normalized spacial score (nSPS) is 12.8. The van der Waals surface area contributed by atoms with Crippen LogP contribution in [0.5, 0.6) is 0 Å². The number of carbonyl (C=O) groups excluding carboxylic acids is 1. The Morgan fingerprint density at radius 2 is 1.88 bits per heavy atom. The largest absolute Gasteiger partial charge is 0.340 e. The van der Waals surface area contributed by atoms with Crippen LogP contribution in [-0.4, -0.2) is 22.4 Å². The van der Waals surface area contributed by atoms with Crippen LogP contribution in [0.3, 0.4) is 0 Å². The van der Waals surface area contributed by atoms with Crippen molar-refractivity contribution in [3.63, 3.8) is 0 Å². The molecule has 1 N–H and O–H groups in total. The molecule has 6 heteroatoms. The zero-order valence-corrected chi connectivity index (χ0v) is 14.1. The number of nitrogens with one attached hydrogen (secondary N) is 1. The number of hydrogen-bond acceptors (Lipinski definition) is 4. The lowest BCUT2D eigenvalue weighted by Gasteiger charge is -2.17. The van der Waals surface area contributed by atoms with E-state index < -0.39 is 0 Å². The molecule has 25 heavy (non-hydrogen) atoms. The van der Waals surface area contributed by atoms with Crippen molar-refractivity contribution >= 4 is 34.7 Å². The zero-order chi connectivity index (χ0) is 17.2. The van der Waals surface area contributed by atoms with Crippen molar-refractivity contribution in [3.05, 3.63) is 77.2 Å². The van der Waals surface area contributed by atoms with E-state index in [2.05, 4.69) is 21.4 Å². The SMILES string of the molecule is O=C(c1cc(Nc2ccc(Cl)cc2)ncn1)N1CCc2ccccc21. The van der Waals surface area contributed by atoms with Gasteiger partial charge in [0.05, 0.1) is 0 Å². The molecule has 1 amide bonds. The van der Waals surface area contributed by atoms with Gasteiger partial charge in [0.2, 0.25) is 0 Å². The van der Waals surface area contributed by atoms with Gasteiger partial charge in [0.1, 0.15) is 17.8 Å². The van der Waals surface area contributed by atoms with Crippen LogP contribution in [-0.2, 0) is 6.42 Å². The summed E-state index contributed by atoms with van der Waals surface area (Å²) in [6, 6.07) is 16.9. The maximum atomic E-state index is 12.8. The van der Waals surface area contributed by atoms with E-state index in [0.717, 1.165) is 17.8 Å². The fraction of sp³-hybridized carbons (Fsp3) is 0.105. The molecule has 0 atom stereocenters. The van der Waals surface area contributed by atoms with Crippen molar-refractivity contribution in [2.75, 3.05) is 16.8 Å². The van der Waals surface area contributed by atoms with Crippen LogP contribution in [0, 0.1) is 0 Å². The summed E-state index contributed by atoms with van der Waals surface area (Å²) in [6.45, 7) is 0.669. The molecule has 0 fully saturated rings. The van der Waals surface area contributed by atoms with Crippen molar-refractivity contribution in [2.45, 2.75) is 6.42 Å². The van der Waals surface area contributed by atoms with Crippen LogP contribution in [0.2, 0.25) is 5.02 Å². The third kappa shape index (κ3) is 3.19. The Labute approximate surface area is 150 Å². The van der Waals surface area contributed by atoms with Crippen LogP contribution in [0.15, 0.2) is 60.9 Å². The Hall–Kier alpha value is -2.92. The third-order valence-electron chi connectivity index (χ3n) is 4.14. The Bertz CT molecular complexity index is 927. The van der Waals surface area contributed by atoms with Gasteiger partial charge in [0, 0.05) is 29.0 Å². The number of rotatable bonds is 3. The number of amides is 1. The molecular formula is C19H15ClN4O. The second-order valence-corrected chi connectivity index (χ2v) is 6.19. The second kappa shape index (κ2) is 6.53. The molecule has 5 nitrogen and oxygen atoms in total. The van der Waals surface area contributed by atoms with E-state index in [9.17, 15) is 4.79 Å². The Morgan fingerprint density at radius 1 is 1.08 bits per heavy atom. The topological polar surface area (TPSA) is 58.1 Å². The molecule has 0 saturated carbocycles. The molecule has 0 unspecified atom stereocenters. The molecule has 0 spiro atoms. The first-order valence-corrected chi connectivity index (χ1v) is 8.33. The first-order chi connectivity index (χ1) is 12.2. The van der Waals surface area contributed by atoms with Gasteiger partial charge in [-0.2, -0.15) is 0 Å². The molecule has 0 radical (unpaired) electrons. The van der Waals surface area contributed by atoms with Crippen LogP contribution in [0.25, 0.3) is 0 Å². The number of anilines is 3. The first kappa shape index (κ1) is 15.6. The van der Waals surface area contributed by atoms with Gasteiger partial charge in [-0.15, -0.1) is 0 Å². The van der Waals surface area contributed by atoms with E-state index in [1.165, 1.54) is 11.9 Å². The summed E-state index contributed by atoms with van der Waals surface area (Å²) in [5.74, 6) is 0.444. The molecule has 4 rings (SSSR count). The summed E-state index contributed by atoms with van der Waals surface area (Å²) in [6.07, 6.45) is 2.26. The van der Waals surface area contributed by atoms with Gasteiger partial charge >= 0.3 is 0 Å². The maximum absolute atomic E-state index is 12.8. The number of hydrogen-bond donors (Lipinski definition) is 1. The molecule has 0 aliphatic carbocycles. The Balaban J connectivity index is 1.57. The summed E-state index contributed by atoms with van der Waals surface area (Å²) in [5, 5.41) is 3.82. The van der Waals surface area contributed by atoms with Crippen molar-refractivity contribution in [2.24, 2.45) is 0 Å². The maximum Gasteiger partial charge on any atom is 0.277 e. The fourth-order valence-electron chi connectivity index (χ4n) is 2.91. The van der Waals surface area contributed by atoms with E-state index in [1.54, 1.807) is 23.1 Å². The number of para-hydroxylation sites is 1. The molecule has 1 aliphatic heterocycles. The summed E-state index contributed by atoms with van der Waals surface area (Å²) in [7, 11) is 0. The van der Waals surface area contributed by atoms with E-state index in [1.807, 2.05) is 30.3 Å². The molecule has 0 saturated heterocycles. The number of carbonyl (C=O) groups is 1. The van der Waals surface area contributed by atoms with Crippen LogP contribution < -0.4 is 10.2 Å². The number of fused-ring (bicyclic) bond motifs is 1. The standard InChI is InChI=1S/C19H15ClN4O/c20-14-5-7-15(8-6-14)23-18-11-16(21-12-22-18)19(25)24-10-9-13-3-1-2-4-17(13)24/h1-8,11-12H,9-10H2,(H,21,22,23). The van der Waals surface area contributed by atoms with Crippen LogP contribution >= 0.6 is 11.6 Å². The van der Waals surface area contributed by atoms with E-state index in [4.69, 9.17) is 11.6 Å². The highest BCUT2D eigenvalue weighted by molar-refractivity contribution is 6.30. The molecule has 2 aromatic carbocycles. The van der Waals surface area contributed by atoms with Gasteiger partial charge in [0.25, 0.3) is 5.91 Å². The van der Waals surface area contributed by atoms with Gasteiger partial charge in [-0.3, -0.25) is 4.79 Å². The predicted molar refractivity (Wildman–Crippen MR) is 98.6 cm³/mol. The predicted octanol–water partition coefficient (Wildman–Crippen LogP) is 4.08. The van der Waals surface area contributed by atoms with Crippen molar-refractivity contribution in [1.82, 2.24) is 9.97 Å². The molecule has 1 aromatic heterocycles. The van der Waals surface area contributed by atoms with Crippen LogP contribution in [0.1, 0.15) is 16.1 Å². The molecule has 1 aliphatic rings. The van der Waals surface area contributed by atoms with Gasteiger partial charge < -0.3 is 10.2 Å². The first-order valence-electron chi connectivity index (χ1n) is 7.95. The average Bonchev–Trinajstić information content (AvgIpc) is 3.07. The van der Waals surface area contributed by atoms with Gasteiger partial charge in [-0.1, -0.05) is 29.8 Å². The molecular weight excluding hydrogens is 336 g/mol. The van der Waals surface area contributed by atoms with Crippen molar-refractivity contribution < 1.29 is 4.79 Å². The molecule has 3 aromatic rings. The highest BCUT2D eigenvalue weighted by Gasteiger charge is 2.26. The summed E-state index contributed by atoms with van der Waals surface area (Å²) in [5.41, 5.74) is 3.35. The van der Waals surface area contributed by atoms with Crippen molar-refractivity contribution in [1.29, 1.82) is 0 Å². The summed E-state index contributed by atoms with van der Waals surface area (Å²) in [4.78, 5) is 23.0. The van der Waals surface area contributed by atoms with Crippen LogP contribution in [0.4, 0.5) is 17.2 Å². The quantitative estimate of drug-likeness (QED) is 0.773. The number of nitrogens with zero attached hydrogens (tertiary/aromatic N) is 3. The minimum absolute atomic E-state index is 0.119. The van der Waals surface area contributed by atoms with Gasteiger partial charge in [-0.05, 0) is 42.3 Å². The Morgan fingerprint density at radius 3 is 2.72 bits per heavy atom. The monoisotopic (exact) mass is 350 g/mol. The molecule has 2 heterocycles. The van der Waals surface area contributed by atoms with E-state index in [0.29, 0.717) is 23.1 Å². The Kier molecular flexibility index (Phi) is 4.07. The fourth-order valence-corrected chi connectivity index (χ4v) is 3.04. The highest BCUT2D eigenvalue weighted by Crippen LogP contribution is 2.28. The summed E-state index contributed by atoms with van der Waals surface area (Å²) < 4.78 is 0. The number of halogens is 1. The lowest BCUT2D eigenvalue weighted by atomic mass is 10.2. The average molecular weight is 351 g/mol. The second-order valence-electron chi connectivity index (χ2n) is 5.76. The van der Waals surface area contributed by atoms with Gasteiger partial charge in [-0.25, -0.2) is 9.97 Å². The molecule has 0 bridgehead atoms. The number of aromatic nitrogens is 2. The summed E-state index contributed by atoms with van der Waals surface area (Å²) >= 11 is 5.89. The minimum atomic E-state index is -0.119. The van der Waals surface area contributed by atoms with Gasteiger partial charge in [0.15, 0.2) is 0 Å². The van der Waals surface area contributed by atoms with Crippen molar-refractivity contribution in [3.8, 4) is 0 Å². The lowest BCUT2D eigenvalue weighted by Crippen LogP contribution is -2.29. The lowest BCUT2D eigenvalue weighted by molar-refractivity contribution is 0.0984. The van der Waals surface area contributed by atoms with E-state index >= 15 is 0 Å². The molecule has 124 valence electrons. The number of benzene rings is 2. The third-order valence-corrected chi connectivity index (χ3v) is 4.39. The minimum Gasteiger partial charge on any atom is -0.340 e. The smallest absolute Gasteiger partial charge is 0.277 e. The zero-order valence-electron chi connectivity index (χ0n) is 13.3. The highest BCUT2D eigenvalue weighted by atomic mass is 35.5. The van der Waals surface area contributed by atoms with E-state index in [-0.39, 0.29) is 5.91 Å².